The molecule has 0 spiro atoms. The van der Waals surface area contributed by atoms with Gasteiger partial charge < -0.3 is 16.0 Å². The van der Waals surface area contributed by atoms with Gasteiger partial charge in [-0.1, -0.05) is 24.3 Å². The Morgan fingerprint density at radius 1 is 0.654 bits per heavy atom. The molecule has 139 valence electrons. The van der Waals surface area contributed by atoms with Gasteiger partial charge in [-0.05, 0) is 12.1 Å². The maximum absolute atomic E-state index is 4.85. The maximum atomic E-state index is 4.85. The molecule has 0 amide bonds. The van der Waals surface area contributed by atoms with E-state index in [1.165, 1.54) is 0 Å². The van der Waals surface area contributed by atoms with Gasteiger partial charge >= 0.3 is 33.3 Å². The Morgan fingerprint density at radius 3 is 1.50 bits per heavy atom. The molecule has 4 rings (SSSR count). The number of aromatic nitrogens is 2. The molecule has 0 saturated heterocycles. The minimum absolute atomic E-state index is 0.00694. The Hall–Kier alpha value is -0.981. The van der Waals surface area contributed by atoms with Gasteiger partial charge in [-0.15, -0.1) is 0 Å². The molecule has 0 unspecified atom stereocenters. The number of rotatable bonds is 0. The van der Waals surface area contributed by atoms with Crippen molar-refractivity contribution in [2.24, 2.45) is 0 Å². The number of fused-ring (bicyclic) bond motifs is 2. The molecule has 0 fully saturated rings. The summed E-state index contributed by atoms with van der Waals surface area (Å²) in [5.41, 5.74) is 4.11. The van der Waals surface area contributed by atoms with Crippen LogP contribution in [0.2, 0.25) is 0 Å². The molecular formula is C18H21Cl2MnN5. The van der Waals surface area contributed by atoms with Crippen molar-refractivity contribution in [1.29, 1.82) is 0 Å². The van der Waals surface area contributed by atoms with Crippen LogP contribution in [0, 0.1) is 0 Å². The van der Waals surface area contributed by atoms with E-state index >= 15 is 0 Å². The summed E-state index contributed by atoms with van der Waals surface area (Å²) >= 11 is 0.00694. The van der Waals surface area contributed by atoms with E-state index in [-0.39, 0.29) is 13.1 Å². The first-order valence-corrected chi connectivity index (χ1v) is 11.7. The van der Waals surface area contributed by atoms with Crippen molar-refractivity contribution >= 4 is 42.0 Å². The first kappa shape index (κ1) is 19.8. The number of halogens is 2. The summed E-state index contributed by atoms with van der Waals surface area (Å²) in [5.74, 6) is 0. The summed E-state index contributed by atoms with van der Waals surface area (Å²) in [6.45, 7) is 5.38. The summed E-state index contributed by atoms with van der Waals surface area (Å²) in [5, 5.41) is 12.6. The van der Waals surface area contributed by atoms with Crippen molar-refractivity contribution < 1.29 is 13.1 Å². The van der Waals surface area contributed by atoms with Crippen molar-refractivity contribution in [2.75, 3.05) is 26.2 Å². The molecule has 0 aliphatic carbocycles. The van der Waals surface area contributed by atoms with Gasteiger partial charge in [-0.3, -0.25) is 0 Å². The van der Waals surface area contributed by atoms with Crippen LogP contribution in [0.3, 0.4) is 0 Å². The van der Waals surface area contributed by atoms with E-state index in [0.717, 1.165) is 72.5 Å². The minimum Gasteiger partial charge on any atom is -0.314 e. The van der Waals surface area contributed by atoms with Crippen LogP contribution >= 0.6 is 20.2 Å². The molecule has 4 bridgehead atoms. The largest absolute Gasteiger partial charge is 0.314 e. The fourth-order valence-corrected chi connectivity index (χ4v) is 2.96. The molecule has 5 nitrogen and oxygen atoms in total. The minimum atomic E-state index is 0.00694. The van der Waals surface area contributed by atoms with Crippen LogP contribution in [-0.4, -0.2) is 36.1 Å². The Bertz CT molecular complexity index is 793. The molecule has 1 aliphatic heterocycles. The summed E-state index contributed by atoms with van der Waals surface area (Å²) in [7, 11) is 9.59. The molecule has 8 heteroatoms. The quantitative estimate of drug-likeness (QED) is 0.376. The zero-order valence-corrected chi connectivity index (χ0v) is 16.9. The molecule has 2 aromatic heterocycles. The average Bonchev–Trinajstić information content (AvgIpc) is 2.67. The summed E-state index contributed by atoms with van der Waals surface area (Å²) in [6.07, 6.45) is 0. The zero-order valence-electron chi connectivity index (χ0n) is 14.2. The SMILES string of the molecule is [Cl][Mn][Cl].c1cc2ccc3ccc4nc3c2nc1CNCCNCCNC4. The van der Waals surface area contributed by atoms with Crippen LogP contribution in [0.5, 0.6) is 0 Å². The van der Waals surface area contributed by atoms with Crippen molar-refractivity contribution in [1.82, 2.24) is 25.9 Å². The second-order valence-corrected chi connectivity index (χ2v) is 7.92. The van der Waals surface area contributed by atoms with Crippen molar-refractivity contribution in [2.45, 2.75) is 13.1 Å². The fraction of sp³-hybridized carbons (Fsp3) is 0.333. The third kappa shape index (κ3) is 5.27. The summed E-state index contributed by atoms with van der Waals surface area (Å²) in [4.78, 5) is 9.70. The van der Waals surface area contributed by atoms with Crippen LogP contribution in [0.25, 0.3) is 21.8 Å². The third-order valence-corrected chi connectivity index (χ3v) is 4.20. The maximum Gasteiger partial charge on any atom is 0.0968 e. The Balaban J connectivity index is 0.000000613. The molecule has 1 aliphatic rings. The Labute approximate surface area is 167 Å². The number of hydrogen-bond donors (Lipinski definition) is 3. The average molecular weight is 433 g/mol. The van der Waals surface area contributed by atoms with Gasteiger partial charge in [-0.25, -0.2) is 9.97 Å². The van der Waals surface area contributed by atoms with Crippen LogP contribution in [0.15, 0.2) is 36.4 Å². The van der Waals surface area contributed by atoms with Gasteiger partial charge in [0.15, 0.2) is 0 Å². The third-order valence-electron chi connectivity index (χ3n) is 4.20. The van der Waals surface area contributed by atoms with Crippen LogP contribution in [-0.2, 0) is 26.2 Å². The molecule has 3 aromatic rings. The molecule has 3 heterocycles. The molecule has 1 aromatic carbocycles. The first-order valence-electron chi connectivity index (χ1n) is 8.49. The second kappa shape index (κ2) is 10.4. The van der Waals surface area contributed by atoms with Gasteiger partial charge in [0, 0.05) is 50.0 Å². The molecular weight excluding hydrogens is 412 g/mol. The summed E-state index contributed by atoms with van der Waals surface area (Å²) < 4.78 is 0. The zero-order chi connectivity index (χ0) is 18.2. The number of nitrogens with zero attached hydrogens (tertiary/aromatic N) is 2. The number of nitrogens with one attached hydrogen (secondary N) is 3. The Morgan fingerprint density at radius 2 is 1.04 bits per heavy atom. The molecule has 0 atom stereocenters. The van der Waals surface area contributed by atoms with Crippen LogP contribution < -0.4 is 16.0 Å². The van der Waals surface area contributed by atoms with E-state index < -0.39 is 0 Å². The van der Waals surface area contributed by atoms with E-state index in [4.69, 9.17) is 30.2 Å². The fourth-order valence-electron chi connectivity index (χ4n) is 2.96. The standard InChI is InChI=1S/C18H21N5.2ClH.Mn/c1-2-14-4-6-16-12-21-10-8-19-7-9-20-11-15-5-3-13(1)17(22-15)18(14)23-16;;;/h1-6,19-21H,7-12H2;2*1H;/q;;;+2/p-2. The molecule has 0 radical (unpaired) electrons. The van der Waals surface area contributed by atoms with Crippen molar-refractivity contribution in [3.05, 3.63) is 47.8 Å². The van der Waals surface area contributed by atoms with E-state index in [1.54, 1.807) is 0 Å². The van der Waals surface area contributed by atoms with Crippen LogP contribution in [0.4, 0.5) is 0 Å². The number of benzene rings is 1. The number of hydrogen-bond acceptors (Lipinski definition) is 5. The predicted molar refractivity (Wildman–Crippen MR) is 105 cm³/mol. The van der Waals surface area contributed by atoms with Crippen LogP contribution in [0.1, 0.15) is 11.4 Å². The first-order chi connectivity index (χ1) is 12.8. The van der Waals surface area contributed by atoms with E-state index in [1.807, 2.05) is 0 Å². The molecule has 0 saturated carbocycles. The van der Waals surface area contributed by atoms with Crippen molar-refractivity contribution in [3.8, 4) is 0 Å². The topological polar surface area (TPSA) is 61.9 Å². The number of pyridine rings is 2. The smallest absolute Gasteiger partial charge is 0.0968 e. The van der Waals surface area contributed by atoms with Gasteiger partial charge in [0.2, 0.25) is 0 Å². The Kier molecular flexibility index (Phi) is 7.89. The summed E-state index contributed by atoms with van der Waals surface area (Å²) in [6, 6.07) is 12.7. The molecule has 3 N–H and O–H groups in total. The van der Waals surface area contributed by atoms with Gasteiger partial charge in [0.05, 0.1) is 22.4 Å². The van der Waals surface area contributed by atoms with Gasteiger partial charge in [0.1, 0.15) is 0 Å². The second-order valence-electron chi connectivity index (χ2n) is 5.97. The van der Waals surface area contributed by atoms with E-state index in [2.05, 4.69) is 52.3 Å². The van der Waals surface area contributed by atoms with E-state index in [9.17, 15) is 0 Å². The monoisotopic (exact) mass is 432 g/mol. The van der Waals surface area contributed by atoms with Gasteiger partial charge in [0.25, 0.3) is 0 Å². The molecule has 26 heavy (non-hydrogen) atoms. The normalized spacial score (nSPS) is 15.6. The van der Waals surface area contributed by atoms with Crippen molar-refractivity contribution in [3.63, 3.8) is 0 Å². The predicted octanol–water partition coefficient (Wildman–Crippen LogP) is 2.94. The van der Waals surface area contributed by atoms with Gasteiger partial charge in [-0.2, -0.15) is 0 Å². The van der Waals surface area contributed by atoms with E-state index in [0.29, 0.717) is 0 Å².